The van der Waals surface area contributed by atoms with Crippen LogP contribution in [0, 0.1) is 5.82 Å². The van der Waals surface area contributed by atoms with Crippen LogP contribution in [0.3, 0.4) is 0 Å². The lowest BCUT2D eigenvalue weighted by molar-refractivity contribution is 0.0928. The van der Waals surface area contributed by atoms with E-state index in [-0.39, 0.29) is 24.2 Å². The average molecular weight is 553 g/mol. The minimum Gasteiger partial charge on any atom is -0.349 e. The summed E-state index contributed by atoms with van der Waals surface area (Å²) in [6.45, 7) is -0.131. The Kier molecular flexibility index (Phi) is 8.98. The lowest BCUT2D eigenvalue weighted by Gasteiger charge is -2.27. The fourth-order valence-corrected chi connectivity index (χ4v) is 5.67. The highest BCUT2D eigenvalue weighted by Crippen LogP contribution is 2.26. The van der Waals surface area contributed by atoms with Crippen LogP contribution in [-0.2, 0) is 16.8 Å². The molecule has 4 rings (SSSR count). The average Bonchev–Trinajstić information content (AvgIpc) is 2.93. The minimum absolute atomic E-state index is 0.0730. The largest absolute Gasteiger partial charge is 0.349 e. The molecule has 0 atom stereocenters. The monoisotopic (exact) mass is 552 g/mol. The Labute approximate surface area is 229 Å². The van der Waals surface area contributed by atoms with Gasteiger partial charge in [0.2, 0.25) is 0 Å². The molecule has 206 valence electrons. The van der Waals surface area contributed by atoms with Gasteiger partial charge in [-0.25, -0.2) is 4.39 Å². The van der Waals surface area contributed by atoms with E-state index >= 15 is 0 Å². The Hall–Kier alpha value is -3.76. The third kappa shape index (κ3) is 6.82. The van der Waals surface area contributed by atoms with Gasteiger partial charge in [-0.15, -0.1) is 0 Å². The molecule has 10 heteroatoms. The maximum Gasteiger partial charge on any atom is 0.303 e. The zero-order valence-corrected chi connectivity index (χ0v) is 22.9. The van der Waals surface area contributed by atoms with Crippen LogP contribution in [-0.4, -0.2) is 44.7 Å². The molecular weight excluding hydrogens is 519 g/mol. The third-order valence-corrected chi connectivity index (χ3v) is 8.57. The van der Waals surface area contributed by atoms with Gasteiger partial charge in [-0.05, 0) is 54.8 Å². The van der Waals surface area contributed by atoms with Crippen LogP contribution in [0.25, 0.3) is 0 Å². The molecule has 3 aromatic carbocycles. The number of halogens is 1. The number of carbonyl (C=O) groups excluding carboxylic acids is 2. The molecule has 0 unspecified atom stereocenters. The van der Waals surface area contributed by atoms with Crippen molar-refractivity contribution in [2.75, 3.05) is 23.7 Å². The van der Waals surface area contributed by atoms with Gasteiger partial charge in [-0.2, -0.15) is 12.7 Å². The number of anilines is 2. The van der Waals surface area contributed by atoms with Crippen LogP contribution in [0.2, 0.25) is 0 Å². The summed E-state index contributed by atoms with van der Waals surface area (Å²) in [6, 6.07) is 19.0. The Balaban J connectivity index is 1.49. The standard InChI is InChI=1S/C29H33FN4O4S/c1-33(2)39(37,38)34(27-15-9-7-13-25(27)30)20-21-16-18-22(19-17-21)28(35)32-26-14-8-6-12-24(26)29(36)31-23-10-4-3-5-11-23/h6-9,12-19,23H,3-5,10-11,20H2,1-2H3,(H,31,36)(H,32,35). The first kappa shape index (κ1) is 28.3. The zero-order chi connectivity index (χ0) is 28.0. The molecule has 2 amide bonds. The number of hydrogen-bond acceptors (Lipinski definition) is 4. The SMILES string of the molecule is CN(C)S(=O)(=O)N(Cc1ccc(C(=O)Nc2ccccc2C(=O)NC2CCCCC2)cc1)c1ccccc1F. The summed E-state index contributed by atoms with van der Waals surface area (Å²) in [6.07, 6.45) is 5.29. The number of hydrogen-bond donors (Lipinski definition) is 2. The molecule has 0 spiro atoms. The highest BCUT2D eigenvalue weighted by molar-refractivity contribution is 7.90. The van der Waals surface area contributed by atoms with Gasteiger partial charge in [0.1, 0.15) is 5.82 Å². The van der Waals surface area contributed by atoms with Crippen LogP contribution < -0.4 is 14.9 Å². The lowest BCUT2D eigenvalue weighted by Crippen LogP contribution is -2.40. The van der Waals surface area contributed by atoms with Crippen molar-refractivity contribution in [3.63, 3.8) is 0 Å². The first-order chi connectivity index (χ1) is 18.7. The molecule has 0 heterocycles. The molecule has 1 aliphatic carbocycles. The van der Waals surface area contributed by atoms with E-state index in [0.29, 0.717) is 22.4 Å². The van der Waals surface area contributed by atoms with Gasteiger partial charge in [0, 0.05) is 25.7 Å². The van der Waals surface area contributed by atoms with E-state index in [1.54, 1.807) is 54.6 Å². The summed E-state index contributed by atoms with van der Waals surface area (Å²) in [5.74, 6) is -1.29. The number of nitrogens with zero attached hydrogens (tertiary/aromatic N) is 2. The number of nitrogens with one attached hydrogen (secondary N) is 2. The van der Waals surface area contributed by atoms with Crippen molar-refractivity contribution in [2.24, 2.45) is 0 Å². The smallest absolute Gasteiger partial charge is 0.303 e. The van der Waals surface area contributed by atoms with Crippen molar-refractivity contribution in [1.82, 2.24) is 9.62 Å². The maximum atomic E-state index is 14.5. The molecule has 8 nitrogen and oxygen atoms in total. The van der Waals surface area contributed by atoms with Crippen molar-refractivity contribution in [3.8, 4) is 0 Å². The van der Waals surface area contributed by atoms with Crippen molar-refractivity contribution in [3.05, 3.63) is 95.3 Å². The first-order valence-corrected chi connectivity index (χ1v) is 14.3. The Morgan fingerprint density at radius 2 is 1.51 bits per heavy atom. The van der Waals surface area contributed by atoms with E-state index < -0.39 is 21.9 Å². The van der Waals surface area contributed by atoms with Gasteiger partial charge in [0.25, 0.3) is 11.8 Å². The Morgan fingerprint density at radius 3 is 2.18 bits per heavy atom. The Bertz CT molecular complexity index is 1420. The fourth-order valence-electron chi connectivity index (χ4n) is 4.56. The summed E-state index contributed by atoms with van der Waals surface area (Å²) in [5, 5.41) is 5.89. The maximum absolute atomic E-state index is 14.5. The van der Waals surface area contributed by atoms with Crippen LogP contribution in [0.5, 0.6) is 0 Å². The van der Waals surface area contributed by atoms with Crippen molar-refractivity contribution >= 4 is 33.4 Å². The number of rotatable bonds is 9. The molecule has 0 radical (unpaired) electrons. The molecule has 1 fully saturated rings. The molecule has 2 N–H and O–H groups in total. The minimum atomic E-state index is -3.99. The topological polar surface area (TPSA) is 98.8 Å². The predicted octanol–water partition coefficient (Wildman–Crippen LogP) is 4.95. The van der Waals surface area contributed by atoms with Gasteiger partial charge < -0.3 is 10.6 Å². The summed E-state index contributed by atoms with van der Waals surface area (Å²) >= 11 is 0. The molecule has 0 bridgehead atoms. The van der Waals surface area contributed by atoms with E-state index in [0.717, 1.165) is 34.3 Å². The molecule has 1 aliphatic rings. The molecule has 39 heavy (non-hydrogen) atoms. The molecular formula is C29H33FN4O4S. The van der Waals surface area contributed by atoms with Gasteiger partial charge in [-0.3, -0.25) is 13.9 Å². The third-order valence-electron chi connectivity index (χ3n) is 6.76. The fraction of sp³-hybridized carbons (Fsp3) is 0.310. The second-order valence-electron chi connectivity index (χ2n) is 9.75. The van der Waals surface area contributed by atoms with Crippen molar-refractivity contribution in [1.29, 1.82) is 0 Å². The van der Waals surface area contributed by atoms with Gasteiger partial charge in [0.15, 0.2) is 0 Å². The summed E-state index contributed by atoms with van der Waals surface area (Å²) < 4.78 is 42.5. The van der Waals surface area contributed by atoms with Gasteiger partial charge in [0.05, 0.1) is 23.5 Å². The molecule has 1 saturated carbocycles. The quantitative estimate of drug-likeness (QED) is 0.392. The highest BCUT2D eigenvalue weighted by atomic mass is 32.2. The normalized spacial score (nSPS) is 14.2. The van der Waals surface area contributed by atoms with Crippen LogP contribution in [0.15, 0.2) is 72.8 Å². The Morgan fingerprint density at radius 1 is 0.872 bits per heavy atom. The van der Waals surface area contributed by atoms with Crippen LogP contribution >= 0.6 is 0 Å². The summed E-state index contributed by atoms with van der Waals surface area (Å²) in [4.78, 5) is 25.9. The predicted molar refractivity (Wildman–Crippen MR) is 150 cm³/mol. The van der Waals surface area contributed by atoms with E-state index in [1.807, 2.05) is 0 Å². The van der Waals surface area contributed by atoms with Crippen molar-refractivity contribution in [2.45, 2.75) is 44.7 Å². The molecule has 0 aromatic heterocycles. The molecule has 0 saturated heterocycles. The second-order valence-corrected chi connectivity index (χ2v) is 11.8. The van der Waals surface area contributed by atoms with Crippen molar-refractivity contribution < 1.29 is 22.4 Å². The van der Waals surface area contributed by atoms with Gasteiger partial charge >= 0.3 is 10.2 Å². The molecule has 0 aliphatic heterocycles. The second kappa shape index (κ2) is 12.4. The van der Waals surface area contributed by atoms with E-state index in [2.05, 4.69) is 10.6 Å². The number of para-hydroxylation sites is 2. The van der Waals surface area contributed by atoms with E-state index in [4.69, 9.17) is 0 Å². The number of amides is 2. The van der Waals surface area contributed by atoms with E-state index in [1.165, 1.54) is 38.7 Å². The van der Waals surface area contributed by atoms with Crippen LogP contribution in [0.1, 0.15) is 58.4 Å². The highest BCUT2D eigenvalue weighted by Gasteiger charge is 2.27. The van der Waals surface area contributed by atoms with Gasteiger partial charge in [-0.1, -0.05) is 55.7 Å². The zero-order valence-electron chi connectivity index (χ0n) is 22.1. The van der Waals surface area contributed by atoms with E-state index in [9.17, 15) is 22.4 Å². The first-order valence-electron chi connectivity index (χ1n) is 12.9. The molecule has 3 aromatic rings. The van der Waals surface area contributed by atoms with Crippen LogP contribution in [0.4, 0.5) is 15.8 Å². The summed E-state index contributed by atoms with van der Waals surface area (Å²) in [7, 11) is -1.24. The number of benzene rings is 3. The lowest BCUT2D eigenvalue weighted by atomic mass is 9.95. The summed E-state index contributed by atoms with van der Waals surface area (Å²) in [5.41, 5.74) is 1.61. The number of carbonyl (C=O) groups is 2.